The molecular formula is C17H16ClNS. The Kier molecular flexibility index (Phi) is 3.77. The van der Waals surface area contributed by atoms with E-state index in [1.165, 1.54) is 21.4 Å². The summed E-state index contributed by atoms with van der Waals surface area (Å²) in [5.74, 6) is 0. The van der Waals surface area contributed by atoms with Gasteiger partial charge < -0.3 is 0 Å². The van der Waals surface area contributed by atoms with Crippen LogP contribution in [0.15, 0.2) is 42.5 Å². The standard InChI is InChI=1S/C17H16ClNS/c1-11-7-8-12(2)13(9-11)14(18)10-17-19-15-5-3-4-6-16(15)20-17/h3-9,14H,10H2,1-2H3. The SMILES string of the molecule is Cc1ccc(C)c(C(Cl)Cc2nc3ccccc3s2)c1. The molecule has 0 fully saturated rings. The van der Waals surface area contributed by atoms with Crippen LogP contribution >= 0.6 is 22.9 Å². The number of aromatic nitrogens is 1. The van der Waals surface area contributed by atoms with Gasteiger partial charge in [-0.25, -0.2) is 4.98 Å². The number of para-hydroxylation sites is 1. The molecule has 20 heavy (non-hydrogen) atoms. The largest absolute Gasteiger partial charge is 0.241 e. The molecule has 3 rings (SSSR count). The maximum absolute atomic E-state index is 6.61. The number of hydrogen-bond acceptors (Lipinski definition) is 2. The van der Waals surface area contributed by atoms with Crippen LogP contribution in [-0.4, -0.2) is 4.98 Å². The van der Waals surface area contributed by atoms with Crippen molar-refractivity contribution in [2.45, 2.75) is 25.6 Å². The molecule has 2 aromatic carbocycles. The Morgan fingerprint density at radius 1 is 1.15 bits per heavy atom. The first-order chi connectivity index (χ1) is 9.63. The Bertz CT molecular complexity index is 715. The zero-order chi connectivity index (χ0) is 14.1. The average Bonchev–Trinajstić information content (AvgIpc) is 2.83. The minimum Gasteiger partial charge on any atom is -0.241 e. The summed E-state index contributed by atoms with van der Waals surface area (Å²) in [6, 6.07) is 14.7. The van der Waals surface area contributed by atoms with E-state index in [-0.39, 0.29) is 5.38 Å². The fourth-order valence-corrected chi connectivity index (χ4v) is 3.85. The molecule has 0 saturated carbocycles. The summed E-state index contributed by atoms with van der Waals surface area (Å²) >= 11 is 8.35. The third-order valence-corrected chi connectivity index (χ3v) is 4.91. The van der Waals surface area contributed by atoms with Gasteiger partial charge in [-0.3, -0.25) is 0 Å². The molecule has 1 nitrogen and oxygen atoms in total. The third-order valence-electron chi connectivity index (χ3n) is 3.46. The molecule has 0 saturated heterocycles. The van der Waals surface area contributed by atoms with Gasteiger partial charge in [0.2, 0.25) is 0 Å². The van der Waals surface area contributed by atoms with Gasteiger partial charge >= 0.3 is 0 Å². The molecule has 0 aliphatic carbocycles. The zero-order valence-corrected chi connectivity index (χ0v) is 13.1. The second-order valence-electron chi connectivity index (χ2n) is 5.11. The molecule has 0 bridgehead atoms. The Hall–Kier alpha value is -1.38. The minimum absolute atomic E-state index is 0.0181. The second-order valence-corrected chi connectivity index (χ2v) is 6.75. The van der Waals surface area contributed by atoms with E-state index in [0.717, 1.165) is 16.9 Å². The highest BCUT2D eigenvalue weighted by Crippen LogP contribution is 2.31. The lowest BCUT2D eigenvalue weighted by atomic mass is 10.0. The van der Waals surface area contributed by atoms with Crippen molar-refractivity contribution in [2.75, 3.05) is 0 Å². The van der Waals surface area contributed by atoms with Crippen LogP contribution in [0.4, 0.5) is 0 Å². The van der Waals surface area contributed by atoms with Gasteiger partial charge in [0.25, 0.3) is 0 Å². The van der Waals surface area contributed by atoms with Gasteiger partial charge in [0.1, 0.15) is 0 Å². The lowest BCUT2D eigenvalue weighted by molar-refractivity contribution is 0.900. The summed E-state index contributed by atoms with van der Waals surface area (Å²) in [7, 11) is 0. The average molecular weight is 302 g/mol. The van der Waals surface area contributed by atoms with Crippen LogP contribution in [0.3, 0.4) is 0 Å². The van der Waals surface area contributed by atoms with Crippen molar-refractivity contribution in [2.24, 2.45) is 0 Å². The van der Waals surface area contributed by atoms with Crippen LogP contribution in [0, 0.1) is 13.8 Å². The van der Waals surface area contributed by atoms with E-state index in [9.17, 15) is 0 Å². The van der Waals surface area contributed by atoms with E-state index in [0.29, 0.717) is 0 Å². The number of rotatable bonds is 3. The molecule has 3 heteroatoms. The summed E-state index contributed by atoms with van der Waals surface area (Å²) < 4.78 is 1.23. The summed E-state index contributed by atoms with van der Waals surface area (Å²) in [6.07, 6.45) is 0.783. The van der Waals surface area contributed by atoms with Crippen molar-refractivity contribution >= 4 is 33.2 Å². The highest BCUT2D eigenvalue weighted by Gasteiger charge is 2.14. The minimum atomic E-state index is -0.0181. The molecule has 0 amide bonds. The highest BCUT2D eigenvalue weighted by atomic mass is 35.5. The number of halogens is 1. The van der Waals surface area contributed by atoms with Crippen LogP contribution in [0.5, 0.6) is 0 Å². The van der Waals surface area contributed by atoms with Crippen molar-refractivity contribution in [1.82, 2.24) is 4.98 Å². The fraction of sp³-hybridized carbons (Fsp3) is 0.235. The molecule has 1 aromatic heterocycles. The Morgan fingerprint density at radius 3 is 2.75 bits per heavy atom. The Labute approximate surface area is 128 Å². The van der Waals surface area contributed by atoms with Gasteiger partial charge in [-0.05, 0) is 37.1 Å². The van der Waals surface area contributed by atoms with E-state index in [1.54, 1.807) is 11.3 Å². The van der Waals surface area contributed by atoms with E-state index >= 15 is 0 Å². The van der Waals surface area contributed by atoms with Crippen LogP contribution in [0.2, 0.25) is 0 Å². The van der Waals surface area contributed by atoms with Crippen molar-refractivity contribution in [3.8, 4) is 0 Å². The third kappa shape index (κ3) is 2.72. The number of benzene rings is 2. The second kappa shape index (κ2) is 5.55. The van der Waals surface area contributed by atoms with Gasteiger partial charge in [0.05, 0.1) is 20.6 Å². The molecule has 1 heterocycles. The highest BCUT2D eigenvalue weighted by molar-refractivity contribution is 7.18. The maximum Gasteiger partial charge on any atom is 0.0956 e. The molecule has 1 atom stereocenters. The van der Waals surface area contributed by atoms with Gasteiger partial charge in [0.15, 0.2) is 0 Å². The number of alkyl halides is 1. The van der Waals surface area contributed by atoms with Gasteiger partial charge in [-0.1, -0.05) is 35.9 Å². The quantitative estimate of drug-likeness (QED) is 0.587. The first-order valence-electron chi connectivity index (χ1n) is 6.69. The number of fused-ring (bicyclic) bond motifs is 1. The summed E-state index contributed by atoms with van der Waals surface area (Å²) in [6.45, 7) is 4.22. The summed E-state index contributed by atoms with van der Waals surface area (Å²) in [5.41, 5.74) is 4.78. The van der Waals surface area contributed by atoms with E-state index in [2.05, 4.69) is 49.2 Å². The van der Waals surface area contributed by atoms with Crippen LogP contribution in [0.25, 0.3) is 10.2 Å². The Morgan fingerprint density at radius 2 is 1.95 bits per heavy atom. The Balaban J connectivity index is 1.88. The predicted octanol–water partition coefficient (Wildman–Crippen LogP) is 5.44. The molecule has 0 aliphatic heterocycles. The molecule has 1 unspecified atom stereocenters. The van der Waals surface area contributed by atoms with E-state index in [1.807, 2.05) is 12.1 Å². The summed E-state index contributed by atoms with van der Waals surface area (Å²) in [5, 5.41) is 1.09. The predicted molar refractivity (Wildman–Crippen MR) is 87.8 cm³/mol. The van der Waals surface area contributed by atoms with Crippen molar-refractivity contribution in [3.05, 3.63) is 64.2 Å². The molecule has 0 radical (unpaired) electrons. The van der Waals surface area contributed by atoms with Gasteiger partial charge in [-0.2, -0.15) is 0 Å². The molecule has 0 N–H and O–H groups in total. The van der Waals surface area contributed by atoms with Crippen LogP contribution in [-0.2, 0) is 6.42 Å². The first kappa shape index (κ1) is 13.6. The monoisotopic (exact) mass is 301 g/mol. The summed E-state index contributed by atoms with van der Waals surface area (Å²) in [4.78, 5) is 4.66. The van der Waals surface area contributed by atoms with Crippen LogP contribution < -0.4 is 0 Å². The van der Waals surface area contributed by atoms with Crippen molar-refractivity contribution in [1.29, 1.82) is 0 Å². The first-order valence-corrected chi connectivity index (χ1v) is 7.94. The molecule has 0 spiro atoms. The van der Waals surface area contributed by atoms with E-state index in [4.69, 9.17) is 11.6 Å². The molecule has 0 aliphatic rings. The maximum atomic E-state index is 6.61. The lowest BCUT2D eigenvalue weighted by Gasteiger charge is -2.12. The number of thiazole rings is 1. The van der Waals surface area contributed by atoms with Crippen molar-refractivity contribution in [3.63, 3.8) is 0 Å². The molecule has 3 aromatic rings. The van der Waals surface area contributed by atoms with Gasteiger partial charge in [-0.15, -0.1) is 22.9 Å². The number of nitrogens with zero attached hydrogens (tertiary/aromatic N) is 1. The van der Waals surface area contributed by atoms with Gasteiger partial charge in [0, 0.05) is 6.42 Å². The zero-order valence-electron chi connectivity index (χ0n) is 11.6. The number of hydrogen-bond donors (Lipinski definition) is 0. The lowest BCUT2D eigenvalue weighted by Crippen LogP contribution is -1.98. The topological polar surface area (TPSA) is 12.9 Å². The smallest absolute Gasteiger partial charge is 0.0956 e. The fourth-order valence-electron chi connectivity index (χ4n) is 2.37. The number of aryl methyl sites for hydroxylation is 2. The van der Waals surface area contributed by atoms with Crippen molar-refractivity contribution < 1.29 is 0 Å². The molecular weight excluding hydrogens is 286 g/mol. The van der Waals surface area contributed by atoms with E-state index < -0.39 is 0 Å². The van der Waals surface area contributed by atoms with Crippen LogP contribution in [0.1, 0.15) is 27.1 Å². The normalized spacial score (nSPS) is 12.8. The molecule has 102 valence electrons.